The molecule has 2 N–H and O–H groups in total. The van der Waals surface area contributed by atoms with Gasteiger partial charge in [0.2, 0.25) is 5.91 Å². The van der Waals surface area contributed by atoms with E-state index in [1.807, 2.05) is 0 Å². The van der Waals surface area contributed by atoms with E-state index in [4.69, 9.17) is 0 Å². The fourth-order valence-electron chi connectivity index (χ4n) is 5.01. The van der Waals surface area contributed by atoms with Crippen LogP contribution in [0.2, 0.25) is 0 Å². The normalized spacial score (nSPS) is 39.5. The van der Waals surface area contributed by atoms with Crippen molar-refractivity contribution in [3.05, 3.63) is 0 Å². The Hall–Kier alpha value is -0.570. The molecule has 2 aliphatic heterocycles. The van der Waals surface area contributed by atoms with Gasteiger partial charge in [0.25, 0.3) is 0 Å². The number of carbonyl (C=O) groups is 1. The van der Waals surface area contributed by atoms with Crippen molar-refractivity contribution in [3.8, 4) is 0 Å². The topological polar surface area (TPSA) is 41.1 Å². The summed E-state index contributed by atoms with van der Waals surface area (Å²) < 4.78 is 0. The summed E-state index contributed by atoms with van der Waals surface area (Å²) in [5, 5.41) is 7.05. The fraction of sp³-hybridized carbons (Fsp3) is 0.944. The standard InChI is InChI=1S/C18H32N2O/c1-12(2)16-5-3-4-6-17(16)20-18(21)11-13-9-14-7-8-15(10-13)19-14/h12-17,19H,3-11H2,1-2H3,(H,20,21). The molecule has 3 aliphatic rings. The van der Waals surface area contributed by atoms with E-state index in [9.17, 15) is 4.79 Å². The first kappa shape index (κ1) is 15.3. The molecule has 3 heteroatoms. The molecular formula is C18H32N2O. The number of fused-ring (bicyclic) bond motifs is 2. The smallest absolute Gasteiger partial charge is 0.220 e. The van der Waals surface area contributed by atoms with Gasteiger partial charge >= 0.3 is 0 Å². The number of piperidine rings is 1. The van der Waals surface area contributed by atoms with Crippen LogP contribution in [0.15, 0.2) is 0 Å². The van der Waals surface area contributed by atoms with Gasteiger partial charge in [-0.2, -0.15) is 0 Å². The zero-order valence-corrected chi connectivity index (χ0v) is 13.7. The average molecular weight is 292 g/mol. The highest BCUT2D eigenvalue weighted by Gasteiger charge is 2.35. The zero-order valence-electron chi connectivity index (χ0n) is 13.7. The second-order valence-corrected chi connectivity index (χ2v) is 8.05. The highest BCUT2D eigenvalue weighted by atomic mass is 16.1. The van der Waals surface area contributed by atoms with Crippen LogP contribution in [0.3, 0.4) is 0 Å². The maximum Gasteiger partial charge on any atom is 0.220 e. The van der Waals surface area contributed by atoms with Gasteiger partial charge in [0.1, 0.15) is 0 Å². The Morgan fingerprint density at radius 3 is 2.43 bits per heavy atom. The van der Waals surface area contributed by atoms with Crippen LogP contribution in [-0.4, -0.2) is 24.0 Å². The van der Waals surface area contributed by atoms with Crippen LogP contribution in [0.5, 0.6) is 0 Å². The van der Waals surface area contributed by atoms with Crippen molar-refractivity contribution in [1.82, 2.24) is 10.6 Å². The SMILES string of the molecule is CC(C)C1CCCCC1NC(=O)CC1CC2CCC(C1)N2. The molecule has 1 aliphatic carbocycles. The van der Waals surface area contributed by atoms with Crippen LogP contribution in [0, 0.1) is 17.8 Å². The van der Waals surface area contributed by atoms with Crippen LogP contribution < -0.4 is 10.6 Å². The van der Waals surface area contributed by atoms with Gasteiger partial charge in [0.05, 0.1) is 0 Å². The third-order valence-corrected chi connectivity index (χ3v) is 6.07. The number of rotatable bonds is 4. The Labute approximate surface area is 129 Å². The van der Waals surface area contributed by atoms with Crippen molar-refractivity contribution in [1.29, 1.82) is 0 Å². The fourth-order valence-corrected chi connectivity index (χ4v) is 5.01. The van der Waals surface area contributed by atoms with E-state index < -0.39 is 0 Å². The molecule has 1 saturated carbocycles. The summed E-state index contributed by atoms with van der Waals surface area (Å²) in [6.45, 7) is 4.61. The Kier molecular flexibility index (Phi) is 4.88. The van der Waals surface area contributed by atoms with Crippen LogP contribution in [0.4, 0.5) is 0 Å². The number of hydrogen-bond donors (Lipinski definition) is 2. The van der Waals surface area contributed by atoms with E-state index in [1.165, 1.54) is 51.4 Å². The molecule has 3 nitrogen and oxygen atoms in total. The molecule has 21 heavy (non-hydrogen) atoms. The third kappa shape index (κ3) is 3.80. The molecule has 0 aromatic rings. The molecule has 0 radical (unpaired) electrons. The minimum absolute atomic E-state index is 0.318. The quantitative estimate of drug-likeness (QED) is 0.835. The van der Waals surface area contributed by atoms with Crippen molar-refractivity contribution in [3.63, 3.8) is 0 Å². The first-order valence-electron chi connectivity index (χ1n) is 9.17. The lowest BCUT2D eigenvalue weighted by Gasteiger charge is -2.35. The first-order chi connectivity index (χ1) is 10.1. The van der Waals surface area contributed by atoms with Gasteiger partial charge in [0, 0.05) is 24.5 Å². The summed E-state index contributed by atoms with van der Waals surface area (Å²) in [5.74, 6) is 2.31. The second-order valence-electron chi connectivity index (χ2n) is 8.05. The number of nitrogens with one attached hydrogen (secondary N) is 2. The number of hydrogen-bond acceptors (Lipinski definition) is 2. The Balaban J connectivity index is 1.49. The van der Waals surface area contributed by atoms with Crippen molar-refractivity contribution in [2.75, 3.05) is 0 Å². The van der Waals surface area contributed by atoms with E-state index in [2.05, 4.69) is 24.5 Å². The Morgan fingerprint density at radius 2 is 1.76 bits per heavy atom. The summed E-state index contributed by atoms with van der Waals surface area (Å²) in [7, 11) is 0. The van der Waals surface area contributed by atoms with E-state index in [0.717, 1.165) is 6.42 Å². The van der Waals surface area contributed by atoms with Gasteiger partial charge < -0.3 is 10.6 Å². The van der Waals surface area contributed by atoms with Crippen LogP contribution in [-0.2, 0) is 4.79 Å². The molecular weight excluding hydrogens is 260 g/mol. The van der Waals surface area contributed by atoms with Gasteiger partial charge in [-0.3, -0.25) is 4.79 Å². The summed E-state index contributed by atoms with van der Waals surface area (Å²) in [6.07, 6.45) is 10.9. The molecule has 2 saturated heterocycles. The number of amides is 1. The molecule has 120 valence electrons. The first-order valence-corrected chi connectivity index (χ1v) is 9.17. The maximum absolute atomic E-state index is 12.4. The molecule has 2 bridgehead atoms. The summed E-state index contributed by atoms with van der Waals surface area (Å²) in [6, 6.07) is 1.82. The van der Waals surface area contributed by atoms with E-state index in [-0.39, 0.29) is 0 Å². The van der Waals surface area contributed by atoms with Gasteiger partial charge in [-0.1, -0.05) is 26.7 Å². The number of carbonyl (C=O) groups excluding carboxylic acids is 1. The Bertz CT molecular complexity index is 356. The molecule has 1 amide bonds. The van der Waals surface area contributed by atoms with Gasteiger partial charge in [0.15, 0.2) is 0 Å². The molecule has 4 atom stereocenters. The lowest BCUT2D eigenvalue weighted by Crippen LogP contribution is -2.45. The van der Waals surface area contributed by atoms with E-state index in [1.54, 1.807) is 0 Å². The summed E-state index contributed by atoms with van der Waals surface area (Å²) in [5.41, 5.74) is 0. The molecule has 0 aromatic carbocycles. The molecule has 4 unspecified atom stereocenters. The molecule has 3 fully saturated rings. The average Bonchev–Trinajstić information content (AvgIpc) is 2.78. The van der Waals surface area contributed by atoms with E-state index >= 15 is 0 Å². The Morgan fingerprint density at radius 1 is 1.10 bits per heavy atom. The third-order valence-electron chi connectivity index (χ3n) is 6.07. The molecule has 2 heterocycles. The summed E-state index contributed by atoms with van der Waals surface area (Å²) in [4.78, 5) is 12.4. The second kappa shape index (κ2) is 6.68. The highest BCUT2D eigenvalue weighted by Crippen LogP contribution is 2.33. The molecule has 0 aromatic heterocycles. The minimum atomic E-state index is 0.318. The van der Waals surface area contributed by atoms with E-state index in [0.29, 0.717) is 41.8 Å². The van der Waals surface area contributed by atoms with Crippen LogP contribution in [0.25, 0.3) is 0 Å². The van der Waals surface area contributed by atoms with Crippen LogP contribution in [0.1, 0.15) is 71.6 Å². The largest absolute Gasteiger partial charge is 0.353 e. The predicted molar refractivity (Wildman–Crippen MR) is 86.0 cm³/mol. The molecule has 0 spiro atoms. The molecule has 3 rings (SSSR count). The summed E-state index contributed by atoms with van der Waals surface area (Å²) >= 11 is 0. The zero-order chi connectivity index (χ0) is 14.8. The van der Waals surface area contributed by atoms with Gasteiger partial charge in [-0.15, -0.1) is 0 Å². The van der Waals surface area contributed by atoms with Gasteiger partial charge in [-0.25, -0.2) is 0 Å². The monoisotopic (exact) mass is 292 g/mol. The van der Waals surface area contributed by atoms with Crippen LogP contribution >= 0.6 is 0 Å². The van der Waals surface area contributed by atoms with Crippen molar-refractivity contribution in [2.24, 2.45) is 17.8 Å². The lowest BCUT2D eigenvalue weighted by atomic mass is 9.77. The van der Waals surface area contributed by atoms with Crippen molar-refractivity contribution >= 4 is 5.91 Å². The lowest BCUT2D eigenvalue weighted by molar-refractivity contribution is -0.123. The predicted octanol–water partition coefficient (Wildman–Crippen LogP) is 3.24. The minimum Gasteiger partial charge on any atom is -0.353 e. The maximum atomic E-state index is 12.4. The van der Waals surface area contributed by atoms with Gasteiger partial charge in [-0.05, 0) is 56.3 Å². The van der Waals surface area contributed by atoms with Crippen molar-refractivity contribution in [2.45, 2.75) is 89.8 Å². The van der Waals surface area contributed by atoms with Crippen molar-refractivity contribution < 1.29 is 4.79 Å². The highest BCUT2D eigenvalue weighted by molar-refractivity contribution is 5.76.